The lowest BCUT2D eigenvalue weighted by atomic mass is 10.1. The normalized spacial score (nSPS) is 16.7. The number of pyridine rings is 1. The molecule has 1 saturated heterocycles. The number of anilines is 2. The predicted octanol–water partition coefficient (Wildman–Crippen LogP) is 2.58. The molecule has 0 unspecified atom stereocenters. The summed E-state index contributed by atoms with van der Waals surface area (Å²) in [6.45, 7) is 0.814. The highest BCUT2D eigenvalue weighted by Gasteiger charge is 2.35. The van der Waals surface area contributed by atoms with Crippen LogP contribution in [0, 0.1) is 5.92 Å². The molecule has 1 atom stereocenters. The van der Waals surface area contributed by atoms with Crippen molar-refractivity contribution in [2.24, 2.45) is 5.92 Å². The largest absolute Gasteiger partial charge is 0.363 e. The Morgan fingerprint density at radius 1 is 1.35 bits per heavy atom. The second-order valence-electron chi connectivity index (χ2n) is 6.49. The minimum absolute atomic E-state index is 0.0316. The van der Waals surface area contributed by atoms with E-state index in [9.17, 15) is 9.59 Å². The average molecular weight is 417 g/mol. The second kappa shape index (κ2) is 7.86. The number of amides is 2. The van der Waals surface area contributed by atoms with Crippen LogP contribution in [0.2, 0.25) is 0 Å². The topological polar surface area (TPSA) is 65.5 Å². The van der Waals surface area contributed by atoms with Gasteiger partial charge in [-0.2, -0.15) is 0 Å². The summed E-state index contributed by atoms with van der Waals surface area (Å²) < 4.78 is 0.849. The predicted molar refractivity (Wildman–Crippen MR) is 105 cm³/mol. The van der Waals surface area contributed by atoms with Crippen LogP contribution < -0.4 is 15.1 Å². The number of carbonyl (C=O) groups is 2. The van der Waals surface area contributed by atoms with Crippen LogP contribution >= 0.6 is 15.9 Å². The zero-order valence-corrected chi connectivity index (χ0v) is 16.4. The number of aromatic nitrogens is 1. The first-order valence-corrected chi connectivity index (χ1v) is 9.20. The number of carbonyl (C=O) groups excluding carboxylic acids is 2. The van der Waals surface area contributed by atoms with Crippen LogP contribution in [0.5, 0.6) is 0 Å². The molecule has 26 heavy (non-hydrogen) atoms. The molecule has 7 heteroatoms. The lowest BCUT2D eigenvalue weighted by molar-refractivity contribution is -0.126. The number of hydrogen-bond donors (Lipinski definition) is 1. The summed E-state index contributed by atoms with van der Waals surface area (Å²) in [6.07, 6.45) is 1.96. The van der Waals surface area contributed by atoms with Crippen LogP contribution in [0.3, 0.4) is 0 Å². The number of halogens is 1. The quantitative estimate of drug-likeness (QED) is 0.813. The monoisotopic (exact) mass is 416 g/mol. The van der Waals surface area contributed by atoms with Crippen LogP contribution in [0.1, 0.15) is 12.0 Å². The molecule has 0 aliphatic carbocycles. The molecule has 1 aromatic heterocycles. The van der Waals surface area contributed by atoms with Gasteiger partial charge in [0.15, 0.2) is 0 Å². The number of nitrogens with zero attached hydrogens (tertiary/aromatic N) is 3. The SMILES string of the molecule is CN(C)c1cc(CNC(=O)[C@H]2CC(=O)N(c3ccccc3Br)C2)ccn1. The van der Waals surface area contributed by atoms with Gasteiger partial charge in [-0.05, 0) is 45.8 Å². The van der Waals surface area contributed by atoms with Gasteiger partial charge in [-0.3, -0.25) is 9.59 Å². The lowest BCUT2D eigenvalue weighted by Crippen LogP contribution is -2.32. The van der Waals surface area contributed by atoms with Gasteiger partial charge in [-0.1, -0.05) is 12.1 Å². The van der Waals surface area contributed by atoms with Crippen molar-refractivity contribution in [3.63, 3.8) is 0 Å². The van der Waals surface area contributed by atoms with E-state index in [4.69, 9.17) is 0 Å². The summed E-state index contributed by atoms with van der Waals surface area (Å²) in [6, 6.07) is 11.4. The zero-order valence-electron chi connectivity index (χ0n) is 14.8. The number of nitrogens with one attached hydrogen (secondary N) is 1. The maximum absolute atomic E-state index is 12.5. The van der Waals surface area contributed by atoms with Gasteiger partial charge in [0.1, 0.15) is 5.82 Å². The van der Waals surface area contributed by atoms with Crippen molar-refractivity contribution in [1.82, 2.24) is 10.3 Å². The molecular weight excluding hydrogens is 396 g/mol. The maximum atomic E-state index is 12.5. The van der Waals surface area contributed by atoms with Crippen molar-refractivity contribution in [3.8, 4) is 0 Å². The molecule has 2 aromatic rings. The smallest absolute Gasteiger partial charge is 0.227 e. The number of para-hydroxylation sites is 1. The Morgan fingerprint density at radius 2 is 2.12 bits per heavy atom. The molecule has 1 aliphatic rings. The second-order valence-corrected chi connectivity index (χ2v) is 7.35. The summed E-state index contributed by atoms with van der Waals surface area (Å²) in [5.41, 5.74) is 1.78. The Kier molecular flexibility index (Phi) is 5.56. The summed E-state index contributed by atoms with van der Waals surface area (Å²) >= 11 is 3.47. The van der Waals surface area contributed by atoms with Crippen molar-refractivity contribution < 1.29 is 9.59 Å². The van der Waals surface area contributed by atoms with Crippen LogP contribution in [-0.4, -0.2) is 37.4 Å². The minimum atomic E-state index is -0.343. The van der Waals surface area contributed by atoms with Crippen LogP contribution in [0.15, 0.2) is 47.1 Å². The van der Waals surface area contributed by atoms with E-state index < -0.39 is 0 Å². The van der Waals surface area contributed by atoms with Gasteiger partial charge in [0, 0.05) is 44.3 Å². The molecule has 0 saturated carbocycles. The molecule has 6 nitrogen and oxygen atoms in total. The third kappa shape index (κ3) is 4.04. The first-order valence-electron chi connectivity index (χ1n) is 8.40. The molecule has 0 bridgehead atoms. The molecule has 1 aromatic carbocycles. The fourth-order valence-corrected chi connectivity index (χ4v) is 3.43. The van der Waals surface area contributed by atoms with E-state index >= 15 is 0 Å². The van der Waals surface area contributed by atoms with E-state index in [0.29, 0.717) is 13.1 Å². The summed E-state index contributed by atoms with van der Waals surface area (Å²) in [7, 11) is 3.84. The fraction of sp³-hybridized carbons (Fsp3) is 0.316. The van der Waals surface area contributed by atoms with Gasteiger partial charge < -0.3 is 15.1 Å². The third-order valence-electron chi connectivity index (χ3n) is 4.37. The van der Waals surface area contributed by atoms with Crippen LogP contribution in [-0.2, 0) is 16.1 Å². The highest BCUT2D eigenvalue weighted by molar-refractivity contribution is 9.10. The van der Waals surface area contributed by atoms with Gasteiger partial charge in [-0.25, -0.2) is 4.98 Å². The van der Waals surface area contributed by atoms with E-state index in [1.807, 2.05) is 55.4 Å². The molecule has 0 spiro atoms. The summed E-state index contributed by atoms with van der Waals surface area (Å²) in [5, 5.41) is 2.94. The Morgan fingerprint density at radius 3 is 2.85 bits per heavy atom. The van der Waals surface area contributed by atoms with E-state index in [-0.39, 0.29) is 24.2 Å². The molecule has 3 rings (SSSR count). The van der Waals surface area contributed by atoms with Gasteiger partial charge in [-0.15, -0.1) is 0 Å². The standard InChI is InChI=1S/C19H21BrN4O2/c1-23(2)17-9-13(7-8-21-17)11-22-19(26)14-10-18(25)24(12-14)16-6-4-3-5-15(16)20/h3-9,14H,10-12H2,1-2H3,(H,22,26)/t14-/m0/s1. The molecule has 2 heterocycles. The minimum Gasteiger partial charge on any atom is -0.363 e. The molecule has 0 radical (unpaired) electrons. The number of hydrogen-bond acceptors (Lipinski definition) is 4. The summed E-state index contributed by atoms with van der Waals surface area (Å²) in [4.78, 5) is 32.7. The van der Waals surface area contributed by atoms with Crippen molar-refractivity contribution in [2.45, 2.75) is 13.0 Å². The lowest BCUT2D eigenvalue weighted by Gasteiger charge is -2.18. The van der Waals surface area contributed by atoms with Crippen molar-refractivity contribution >= 4 is 39.2 Å². The number of benzene rings is 1. The van der Waals surface area contributed by atoms with E-state index in [2.05, 4.69) is 26.2 Å². The molecule has 1 N–H and O–H groups in total. The average Bonchev–Trinajstić information content (AvgIpc) is 3.02. The number of rotatable bonds is 5. The van der Waals surface area contributed by atoms with Gasteiger partial charge in [0.05, 0.1) is 11.6 Å². The van der Waals surface area contributed by atoms with E-state index in [1.165, 1.54) is 0 Å². The molecular formula is C19H21BrN4O2. The Labute approximate surface area is 161 Å². The van der Waals surface area contributed by atoms with Gasteiger partial charge in [0.25, 0.3) is 0 Å². The molecule has 136 valence electrons. The Balaban J connectivity index is 1.62. The first kappa shape index (κ1) is 18.4. The van der Waals surface area contributed by atoms with Gasteiger partial charge in [0.2, 0.25) is 11.8 Å². The molecule has 2 amide bonds. The third-order valence-corrected chi connectivity index (χ3v) is 5.04. The van der Waals surface area contributed by atoms with Crippen LogP contribution in [0.25, 0.3) is 0 Å². The first-order chi connectivity index (χ1) is 12.5. The van der Waals surface area contributed by atoms with E-state index in [1.54, 1.807) is 11.1 Å². The summed E-state index contributed by atoms with van der Waals surface area (Å²) in [5.74, 6) is 0.365. The van der Waals surface area contributed by atoms with Crippen LogP contribution in [0.4, 0.5) is 11.5 Å². The highest BCUT2D eigenvalue weighted by Crippen LogP contribution is 2.31. The van der Waals surface area contributed by atoms with E-state index in [0.717, 1.165) is 21.5 Å². The Bertz CT molecular complexity index is 825. The Hall–Kier alpha value is -2.41. The highest BCUT2D eigenvalue weighted by atomic mass is 79.9. The zero-order chi connectivity index (χ0) is 18.7. The fourth-order valence-electron chi connectivity index (χ4n) is 2.94. The molecule has 1 fully saturated rings. The van der Waals surface area contributed by atoms with Gasteiger partial charge >= 0.3 is 0 Å². The van der Waals surface area contributed by atoms with Crippen molar-refractivity contribution in [2.75, 3.05) is 30.4 Å². The van der Waals surface area contributed by atoms with Crippen molar-refractivity contribution in [3.05, 3.63) is 52.6 Å². The maximum Gasteiger partial charge on any atom is 0.227 e. The van der Waals surface area contributed by atoms with Crippen molar-refractivity contribution in [1.29, 1.82) is 0 Å². The molecule has 1 aliphatic heterocycles.